The average molecular weight is 280 g/mol. The van der Waals surface area contributed by atoms with Crippen LogP contribution in [-0.4, -0.2) is 40.6 Å². The van der Waals surface area contributed by atoms with E-state index in [9.17, 15) is 10.1 Å². The largest absolute Gasteiger partial charge is 0.367 e. The predicted octanol–water partition coefficient (Wildman–Crippen LogP) is 1.35. The molecule has 7 heteroatoms. The van der Waals surface area contributed by atoms with E-state index < -0.39 is 6.04 Å². The van der Waals surface area contributed by atoms with Crippen LogP contribution in [0.5, 0.6) is 0 Å². The van der Waals surface area contributed by atoms with Crippen LogP contribution in [0.4, 0.5) is 0 Å². The Morgan fingerprint density at radius 2 is 2.42 bits per heavy atom. The van der Waals surface area contributed by atoms with Gasteiger partial charge in [-0.15, -0.1) is 0 Å². The Kier molecular flexibility index (Phi) is 5.14. The number of thioether (sulfide) groups is 1. The number of nitro groups is 1. The van der Waals surface area contributed by atoms with Gasteiger partial charge in [-0.05, 0) is 12.1 Å². The molecule has 19 heavy (non-hydrogen) atoms. The van der Waals surface area contributed by atoms with Crippen molar-refractivity contribution in [1.82, 2.24) is 10.3 Å². The summed E-state index contributed by atoms with van der Waals surface area (Å²) in [5.41, 5.74) is 1.05. The summed E-state index contributed by atoms with van der Waals surface area (Å²) in [4.78, 5) is 18.9. The van der Waals surface area contributed by atoms with Crippen molar-refractivity contribution in [3.05, 3.63) is 40.2 Å². The molecule has 2 rings (SSSR count). The summed E-state index contributed by atoms with van der Waals surface area (Å²) in [6.07, 6.45) is 2.29. The van der Waals surface area contributed by atoms with Crippen LogP contribution >= 0.6 is 11.8 Å². The molecule has 0 spiro atoms. The monoisotopic (exact) mass is 280 g/mol. The van der Waals surface area contributed by atoms with Crippen LogP contribution in [0.25, 0.3) is 0 Å². The normalized spacial score (nSPS) is 18.1. The first-order valence-corrected chi connectivity index (χ1v) is 7.32. The van der Waals surface area contributed by atoms with Gasteiger partial charge >= 0.3 is 0 Å². The second-order valence-electron chi connectivity index (χ2n) is 4.16. The number of hydrogen-bond donors (Lipinski definition) is 1. The van der Waals surface area contributed by atoms with E-state index in [0.29, 0.717) is 25.3 Å². The molecule has 1 atom stereocenters. The maximum absolute atomic E-state index is 10.8. The van der Waals surface area contributed by atoms with Gasteiger partial charge in [0.05, 0.1) is 5.69 Å². The molecule has 0 aliphatic carbocycles. The second-order valence-corrected chi connectivity index (χ2v) is 5.26. The number of rotatable bonds is 6. The van der Waals surface area contributed by atoms with Gasteiger partial charge in [-0.25, -0.2) is 0 Å². The number of hydrogen-bond acceptors (Lipinski definition) is 6. The van der Waals surface area contributed by atoms with Crippen LogP contribution < -0.4 is 5.32 Å². The fourth-order valence-electron chi connectivity index (χ4n) is 1.84. The van der Waals surface area contributed by atoms with Gasteiger partial charge in [0, 0.05) is 42.1 Å². The molecule has 102 valence electrons. The van der Waals surface area contributed by atoms with Gasteiger partial charge in [-0.2, -0.15) is 11.8 Å². The van der Waals surface area contributed by atoms with E-state index >= 15 is 0 Å². The van der Waals surface area contributed by atoms with Gasteiger partial charge in [0.1, 0.15) is 0 Å². The van der Waals surface area contributed by atoms with Crippen LogP contribution in [0.3, 0.4) is 0 Å². The summed E-state index contributed by atoms with van der Waals surface area (Å²) < 4.78 is 0. The second kappa shape index (κ2) is 7.08. The van der Waals surface area contributed by atoms with Gasteiger partial charge in [0.15, 0.2) is 5.84 Å². The number of nitrogens with one attached hydrogen (secondary N) is 1. The van der Waals surface area contributed by atoms with Crippen LogP contribution in [0.15, 0.2) is 29.4 Å². The molecule has 0 aromatic carbocycles. The van der Waals surface area contributed by atoms with Crippen molar-refractivity contribution >= 4 is 17.6 Å². The molecule has 0 bridgehead atoms. The molecule has 1 aromatic heterocycles. The van der Waals surface area contributed by atoms with Crippen molar-refractivity contribution < 1.29 is 4.92 Å². The maximum atomic E-state index is 10.8. The number of aromatic nitrogens is 1. The number of aliphatic imine (C=N–C) groups is 1. The van der Waals surface area contributed by atoms with Crippen LogP contribution in [0, 0.1) is 10.1 Å². The Hall–Kier alpha value is -1.63. The van der Waals surface area contributed by atoms with E-state index in [1.165, 1.54) is 0 Å². The molecule has 1 aliphatic rings. The van der Waals surface area contributed by atoms with Crippen LogP contribution in [0.2, 0.25) is 0 Å². The minimum Gasteiger partial charge on any atom is -0.367 e. The molecule has 1 aromatic rings. The van der Waals surface area contributed by atoms with E-state index in [-0.39, 0.29) is 4.92 Å². The fourth-order valence-corrected chi connectivity index (χ4v) is 2.61. The Labute approximate surface area is 115 Å². The van der Waals surface area contributed by atoms with Crippen molar-refractivity contribution in [2.24, 2.45) is 4.99 Å². The first kappa shape index (κ1) is 13.8. The van der Waals surface area contributed by atoms with Crippen molar-refractivity contribution in [3.63, 3.8) is 0 Å². The average Bonchev–Trinajstić information content (AvgIpc) is 2.88. The van der Waals surface area contributed by atoms with Crippen LogP contribution in [0.1, 0.15) is 12.1 Å². The number of amidine groups is 1. The summed E-state index contributed by atoms with van der Waals surface area (Å²) in [6.45, 7) is 1.25. The topological polar surface area (TPSA) is 80.4 Å². The summed E-state index contributed by atoms with van der Waals surface area (Å²) in [5.74, 6) is 2.26. The van der Waals surface area contributed by atoms with Gasteiger partial charge in [0.2, 0.25) is 0 Å². The smallest absolute Gasteiger partial charge is 0.270 e. The van der Waals surface area contributed by atoms with E-state index in [2.05, 4.69) is 15.3 Å². The quantitative estimate of drug-likeness (QED) is 0.483. The first-order chi connectivity index (χ1) is 9.27. The summed E-state index contributed by atoms with van der Waals surface area (Å²) in [7, 11) is 0. The van der Waals surface area contributed by atoms with Gasteiger partial charge in [-0.3, -0.25) is 20.1 Å². The Bertz CT molecular complexity index is 452. The number of pyridine rings is 1. The molecule has 1 aliphatic heterocycles. The molecule has 2 heterocycles. The third-order valence-electron chi connectivity index (χ3n) is 2.78. The molecule has 0 saturated carbocycles. The molecule has 6 nitrogen and oxygen atoms in total. The molecule has 0 fully saturated rings. The SMILES string of the molecule is O=[N+]([O-])C1CCN=C1NCCSCc1ccccn1. The van der Waals surface area contributed by atoms with E-state index in [4.69, 9.17) is 0 Å². The highest BCUT2D eigenvalue weighted by atomic mass is 32.2. The lowest BCUT2D eigenvalue weighted by Gasteiger charge is -2.08. The highest BCUT2D eigenvalue weighted by Crippen LogP contribution is 2.10. The first-order valence-electron chi connectivity index (χ1n) is 6.17. The minimum absolute atomic E-state index is 0.264. The zero-order valence-corrected chi connectivity index (χ0v) is 11.3. The van der Waals surface area contributed by atoms with Gasteiger partial charge in [0.25, 0.3) is 6.04 Å². The lowest BCUT2D eigenvalue weighted by atomic mass is 10.2. The molecular formula is C12H16N4O2S. The zero-order chi connectivity index (χ0) is 13.5. The molecule has 0 radical (unpaired) electrons. The highest BCUT2D eigenvalue weighted by Gasteiger charge is 2.30. The van der Waals surface area contributed by atoms with Crippen molar-refractivity contribution in [3.8, 4) is 0 Å². The van der Waals surface area contributed by atoms with E-state index in [1.807, 2.05) is 18.2 Å². The zero-order valence-electron chi connectivity index (χ0n) is 10.5. The summed E-state index contributed by atoms with van der Waals surface area (Å²) in [5, 5.41) is 13.8. The third kappa shape index (κ3) is 4.20. The fraction of sp³-hybridized carbons (Fsp3) is 0.500. The Balaban J connectivity index is 1.63. The standard InChI is InChI=1S/C12H16N4O2S/c17-16(18)11-4-6-14-12(11)15-7-8-19-9-10-3-1-2-5-13-10/h1-3,5,11H,4,6-9H2,(H,14,15). The predicted molar refractivity (Wildman–Crippen MR) is 76.1 cm³/mol. The van der Waals surface area contributed by atoms with E-state index in [1.54, 1.807) is 18.0 Å². The molecule has 1 unspecified atom stereocenters. The summed E-state index contributed by atoms with van der Waals surface area (Å²) >= 11 is 1.75. The lowest BCUT2D eigenvalue weighted by molar-refractivity contribution is -0.502. The highest BCUT2D eigenvalue weighted by molar-refractivity contribution is 7.98. The molecular weight excluding hydrogens is 264 g/mol. The molecule has 1 N–H and O–H groups in total. The minimum atomic E-state index is -0.638. The van der Waals surface area contributed by atoms with E-state index in [0.717, 1.165) is 17.2 Å². The van der Waals surface area contributed by atoms with Crippen molar-refractivity contribution in [2.45, 2.75) is 18.2 Å². The van der Waals surface area contributed by atoms with Gasteiger partial charge < -0.3 is 5.32 Å². The molecule has 0 amide bonds. The maximum Gasteiger partial charge on any atom is 0.270 e. The van der Waals surface area contributed by atoms with Crippen molar-refractivity contribution in [1.29, 1.82) is 0 Å². The summed E-state index contributed by atoms with van der Waals surface area (Å²) in [6, 6.07) is 5.22. The Morgan fingerprint density at radius 1 is 1.53 bits per heavy atom. The van der Waals surface area contributed by atoms with Crippen molar-refractivity contribution in [2.75, 3.05) is 18.8 Å². The van der Waals surface area contributed by atoms with Gasteiger partial charge in [-0.1, -0.05) is 6.07 Å². The van der Waals surface area contributed by atoms with Crippen LogP contribution in [-0.2, 0) is 5.75 Å². The number of nitrogens with zero attached hydrogens (tertiary/aromatic N) is 3. The Morgan fingerprint density at radius 3 is 3.16 bits per heavy atom. The third-order valence-corrected chi connectivity index (χ3v) is 3.78. The molecule has 0 saturated heterocycles. The lowest BCUT2D eigenvalue weighted by Crippen LogP contribution is -2.37.